The molecule has 3 N–H and O–H groups in total. The van der Waals surface area contributed by atoms with E-state index in [1.807, 2.05) is 75.4 Å². The standard InChI is InChI=1S/C24H31N3O3/c1-5-21(28)26-20-13-11-18(12-14-20)17(4)25-24(30)23(19-9-7-6-8-10-19)27-22(29)15-16(2)3/h6-14,16-17,23H,5,15H2,1-4H3,(H,25,30)(H,26,28)(H,27,29). The van der Waals surface area contributed by atoms with Crippen LogP contribution in [-0.4, -0.2) is 17.7 Å². The first-order valence-corrected chi connectivity index (χ1v) is 10.3. The molecule has 2 aromatic carbocycles. The quantitative estimate of drug-likeness (QED) is 0.582. The van der Waals surface area contributed by atoms with E-state index < -0.39 is 6.04 Å². The number of carbonyl (C=O) groups is 3. The summed E-state index contributed by atoms with van der Waals surface area (Å²) in [5, 5.41) is 8.65. The van der Waals surface area contributed by atoms with Crippen LogP contribution in [0.2, 0.25) is 0 Å². The lowest BCUT2D eigenvalue weighted by Crippen LogP contribution is -2.41. The molecule has 0 aliphatic heterocycles. The van der Waals surface area contributed by atoms with Crippen molar-refractivity contribution in [2.75, 3.05) is 5.32 Å². The summed E-state index contributed by atoms with van der Waals surface area (Å²) in [5.74, 6) is -0.270. The number of anilines is 1. The van der Waals surface area contributed by atoms with E-state index in [-0.39, 0.29) is 29.7 Å². The molecule has 0 aliphatic rings. The molecule has 0 saturated heterocycles. The summed E-state index contributed by atoms with van der Waals surface area (Å²) in [6, 6.07) is 15.5. The molecular formula is C24H31N3O3. The second-order valence-corrected chi connectivity index (χ2v) is 7.76. The van der Waals surface area contributed by atoms with Crippen molar-refractivity contribution in [1.29, 1.82) is 0 Å². The van der Waals surface area contributed by atoms with Gasteiger partial charge in [0.15, 0.2) is 0 Å². The number of hydrogen-bond donors (Lipinski definition) is 3. The van der Waals surface area contributed by atoms with E-state index in [9.17, 15) is 14.4 Å². The van der Waals surface area contributed by atoms with Gasteiger partial charge in [0, 0.05) is 18.5 Å². The fraction of sp³-hybridized carbons (Fsp3) is 0.375. The molecule has 6 heteroatoms. The van der Waals surface area contributed by atoms with Gasteiger partial charge in [0.1, 0.15) is 6.04 Å². The van der Waals surface area contributed by atoms with Crippen LogP contribution < -0.4 is 16.0 Å². The van der Waals surface area contributed by atoms with E-state index in [1.54, 1.807) is 6.92 Å². The molecule has 160 valence electrons. The topological polar surface area (TPSA) is 87.3 Å². The summed E-state index contributed by atoms with van der Waals surface area (Å²) in [4.78, 5) is 36.8. The van der Waals surface area contributed by atoms with Gasteiger partial charge in [-0.1, -0.05) is 63.2 Å². The molecule has 0 aliphatic carbocycles. The molecule has 2 aromatic rings. The van der Waals surface area contributed by atoms with Crippen LogP contribution in [0.25, 0.3) is 0 Å². The molecule has 0 fully saturated rings. The highest BCUT2D eigenvalue weighted by atomic mass is 16.2. The zero-order chi connectivity index (χ0) is 22.1. The van der Waals surface area contributed by atoms with Crippen molar-refractivity contribution in [1.82, 2.24) is 10.6 Å². The fourth-order valence-corrected chi connectivity index (χ4v) is 3.02. The Labute approximate surface area is 178 Å². The zero-order valence-corrected chi connectivity index (χ0v) is 18.1. The van der Waals surface area contributed by atoms with Crippen LogP contribution in [0.5, 0.6) is 0 Å². The Bertz CT molecular complexity index is 848. The van der Waals surface area contributed by atoms with E-state index in [0.29, 0.717) is 18.5 Å². The minimum absolute atomic E-state index is 0.0491. The molecule has 0 saturated carbocycles. The largest absolute Gasteiger partial charge is 0.347 e. The summed E-state index contributed by atoms with van der Waals surface area (Å²) >= 11 is 0. The van der Waals surface area contributed by atoms with Crippen LogP contribution in [-0.2, 0) is 14.4 Å². The normalized spacial score (nSPS) is 12.7. The number of benzene rings is 2. The Morgan fingerprint density at radius 3 is 2.00 bits per heavy atom. The molecule has 0 bridgehead atoms. The van der Waals surface area contributed by atoms with E-state index in [2.05, 4.69) is 16.0 Å². The first-order chi connectivity index (χ1) is 14.3. The maximum absolute atomic E-state index is 13.0. The molecule has 2 atom stereocenters. The molecule has 2 unspecified atom stereocenters. The molecule has 30 heavy (non-hydrogen) atoms. The van der Waals surface area contributed by atoms with Crippen molar-refractivity contribution in [3.8, 4) is 0 Å². The van der Waals surface area contributed by atoms with Gasteiger partial charge in [-0.25, -0.2) is 0 Å². The maximum atomic E-state index is 13.0. The predicted octanol–water partition coefficient (Wildman–Crippen LogP) is 4.12. The van der Waals surface area contributed by atoms with E-state index in [0.717, 1.165) is 11.1 Å². The van der Waals surface area contributed by atoms with Crippen molar-refractivity contribution >= 4 is 23.4 Å². The van der Waals surface area contributed by atoms with Crippen LogP contribution in [0.3, 0.4) is 0 Å². The van der Waals surface area contributed by atoms with Gasteiger partial charge in [0.2, 0.25) is 17.7 Å². The zero-order valence-electron chi connectivity index (χ0n) is 18.1. The Morgan fingerprint density at radius 2 is 1.43 bits per heavy atom. The third-order valence-electron chi connectivity index (χ3n) is 4.67. The number of nitrogens with one attached hydrogen (secondary N) is 3. The molecule has 0 heterocycles. The van der Waals surface area contributed by atoms with Crippen molar-refractivity contribution in [3.63, 3.8) is 0 Å². The summed E-state index contributed by atoms with van der Waals surface area (Å²) in [7, 11) is 0. The molecule has 2 rings (SSSR count). The van der Waals surface area contributed by atoms with Gasteiger partial charge >= 0.3 is 0 Å². The van der Waals surface area contributed by atoms with Crippen molar-refractivity contribution in [2.24, 2.45) is 5.92 Å². The first-order valence-electron chi connectivity index (χ1n) is 10.3. The third kappa shape index (κ3) is 7.03. The van der Waals surface area contributed by atoms with E-state index in [4.69, 9.17) is 0 Å². The van der Waals surface area contributed by atoms with E-state index in [1.165, 1.54) is 0 Å². The SMILES string of the molecule is CCC(=O)Nc1ccc(C(C)NC(=O)C(NC(=O)CC(C)C)c2ccccc2)cc1. The van der Waals surface area contributed by atoms with Gasteiger partial charge < -0.3 is 16.0 Å². The van der Waals surface area contributed by atoms with Crippen molar-refractivity contribution in [3.05, 3.63) is 65.7 Å². The van der Waals surface area contributed by atoms with Gasteiger partial charge in [-0.15, -0.1) is 0 Å². The molecular weight excluding hydrogens is 378 g/mol. The number of hydrogen-bond acceptors (Lipinski definition) is 3. The number of carbonyl (C=O) groups excluding carboxylic acids is 3. The summed E-state index contributed by atoms with van der Waals surface area (Å²) < 4.78 is 0. The smallest absolute Gasteiger partial charge is 0.247 e. The Hall–Kier alpha value is -3.15. The fourth-order valence-electron chi connectivity index (χ4n) is 3.02. The maximum Gasteiger partial charge on any atom is 0.247 e. The average Bonchev–Trinajstić information content (AvgIpc) is 2.72. The summed E-state index contributed by atoms with van der Waals surface area (Å²) in [5.41, 5.74) is 2.35. The van der Waals surface area contributed by atoms with Gasteiger partial charge in [-0.2, -0.15) is 0 Å². The molecule has 6 nitrogen and oxygen atoms in total. The van der Waals surface area contributed by atoms with E-state index >= 15 is 0 Å². The lowest BCUT2D eigenvalue weighted by atomic mass is 10.0. The average molecular weight is 410 g/mol. The Kier molecular flexibility index (Phi) is 8.59. The Morgan fingerprint density at radius 1 is 0.800 bits per heavy atom. The molecule has 3 amide bonds. The predicted molar refractivity (Wildman–Crippen MR) is 119 cm³/mol. The highest BCUT2D eigenvalue weighted by Crippen LogP contribution is 2.19. The lowest BCUT2D eigenvalue weighted by Gasteiger charge is -2.22. The van der Waals surface area contributed by atoms with Crippen molar-refractivity contribution in [2.45, 2.75) is 52.6 Å². The van der Waals surface area contributed by atoms with Crippen LogP contribution in [0, 0.1) is 5.92 Å². The highest BCUT2D eigenvalue weighted by Gasteiger charge is 2.24. The molecule has 0 radical (unpaired) electrons. The minimum Gasteiger partial charge on any atom is -0.347 e. The highest BCUT2D eigenvalue weighted by molar-refractivity contribution is 5.90. The van der Waals surface area contributed by atoms with Crippen LogP contribution in [0.15, 0.2) is 54.6 Å². The minimum atomic E-state index is -0.761. The number of amides is 3. The van der Waals surface area contributed by atoms with Crippen LogP contribution >= 0.6 is 0 Å². The van der Waals surface area contributed by atoms with Crippen LogP contribution in [0.1, 0.15) is 63.7 Å². The molecule has 0 aromatic heterocycles. The Balaban J connectivity index is 2.10. The second-order valence-electron chi connectivity index (χ2n) is 7.76. The first kappa shape index (κ1) is 23.1. The second kappa shape index (κ2) is 11.1. The lowest BCUT2D eigenvalue weighted by molar-refractivity contribution is -0.130. The van der Waals surface area contributed by atoms with Gasteiger partial charge in [0.05, 0.1) is 6.04 Å². The number of rotatable bonds is 9. The molecule has 0 spiro atoms. The monoisotopic (exact) mass is 409 g/mol. The van der Waals surface area contributed by atoms with Gasteiger partial charge in [-0.3, -0.25) is 14.4 Å². The van der Waals surface area contributed by atoms with Gasteiger partial charge in [-0.05, 0) is 36.1 Å². The third-order valence-corrected chi connectivity index (χ3v) is 4.67. The summed E-state index contributed by atoms with van der Waals surface area (Å²) in [6.07, 6.45) is 0.773. The van der Waals surface area contributed by atoms with Crippen LogP contribution in [0.4, 0.5) is 5.69 Å². The van der Waals surface area contributed by atoms with Gasteiger partial charge in [0.25, 0.3) is 0 Å². The van der Waals surface area contributed by atoms with Crippen molar-refractivity contribution < 1.29 is 14.4 Å². The summed E-state index contributed by atoms with van der Waals surface area (Å²) in [6.45, 7) is 7.61.